The van der Waals surface area contributed by atoms with Crippen LogP contribution in [0.2, 0.25) is 10.0 Å². The molecule has 2 rings (SSSR count). The van der Waals surface area contributed by atoms with Gasteiger partial charge in [0.25, 0.3) is 0 Å². The summed E-state index contributed by atoms with van der Waals surface area (Å²) in [6.07, 6.45) is 0. The molecule has 0 spiro atoms. The third kappa shape index (κ3) is 2.64. The second-order valence-electron chi connectivity index (χ2n) is 3.96. The van der Waals surface area contributed by atoms with Crippen LogP contribution in [0.15, 0.2) is 30.3 Å². The smallest absolute Gasteiger partial charge is 0.352 e. The number of halogens is 2. The minimum Gasteiger partial charge on any atom is -0.477 e. The van der Waals surface area contributed by atoms with E-state index in [1.54, 1.807) is 0 Å². The minimum absolute atomic E-state index is 0.0384. The van der Waals surface area contributed by atoms with Gasteiger partial charge in [-0.1, -0.05) is 23.2 Å². The predicted octanol–water partition coefficient (Wildman–Crippen LogP) is 3.26. The molecule has 19 heavy (non-hydrogen) atoms. The predicted molar refractivity (Wildman–Crippen MR) is 72.3 cm³/mol. The highest BCUT2D eigenvalue weighted by molar-refractivity contribution is 6.35. The highest BCUT2D eigenvalue weighted by Crippen LogP contribution is 2.22. The van der Waals surface area contributed by atoms with Crippen LogP contribution in [0.3, 0.4) is 0 Å². The Morgan fingerprint density at radius 3 is 2.05 bits per heavy atom. The van der Waals surface area contributed by atoms with Gasteiger partial charge in [-0.25, -0.2) is 4.79 Å². The van der Waals surface area contributed by atoms with Crippen molar-refractivity contribution in [2.75, 3.05) is 0 Å². The monoisotopic (exact) mass is 297 g/mol. The fourth-order valence-electron chi connectivity index (χ4n) is 1.79. The molecule has 0 atom stereocenters. The van der Waals surface area contributed by atoms with E-state index in [0.29, 0.717) is 15.6 Å². The van der Waals surface area contributed by atoms with Gasteiger partial charge in [0.2, 0.25) is 5.78 Å². The van der Waals surface area contributed by atoms with Crippen molar-refractivity contribution in [3.05, 3.63) is 57.3 Å². The third-order valence-corrected chi connectivity index (χ3v) is 3.13. The summed E-state index contributed by atoms with van der Waals surface area (Å²) in [5, 5.41) is 9.65. The van der Waals surface area contributed by atoms with Gasteiger partial charge in [0, 0.05) is 22.7 Å². The van der Waals surface area contributed by atoms with Gasteiger partial charge >= 0.3 is 5.97 Å². The standard InChI is InChI=1S/C13H9Cl2NO3/c1-16-10(2-3-11(16)13(18)19)12(17)7-4-8(14)6-9(15)5-7/h2-6H,1H3,(H,18,19). The molecule has 1 aromatic carbocycles. The molecule has 1 aromatic heterocycles. The van der Waals surface area contributed by atoms with E-state index in [2.05, 4.69) is 0 Å². The molecule has 0 saturated carbocycles. The SMILES string of the molecule is Cn1c(C(=O)O)ccc1C(=O)c1cc(Cl)cc(Cl)c1. The largest absolute Gasteiger partial charge is 0.477 e. The maximum atomic E-state index is 12.3. The molecular formula is C13H9Cl2NO3. The van der Waals surface area contributed by atoms with Crippen LogP contribution in [0.5, 0.6) is 0 Å². The van der Waals surface area contributed by atoms with Gasteiger partial charge in [-0.05, 0) is 30.3 Å². The van der Waals surface area contributed by atoms with Crippen molar-refractivity contribution in [3.63, 3.8) is 0 Å². The summed E-state index contributed by atoms with van der Waals surface area (Å²) >= 11 is 11.7. The Morgan fingerprint density at radius 2 is 1.58 bits per heavy atom. The summed E-state index contributed by atoms with van der Waals surface area (Å²) < 4.78 is 1.32. The first kappa shape index (κ1) is 13.6. The van der Waals surface area contributed by atoms with Gasteiger partial charge in [0.05, 0.1) is 5.69 Å². The van der Waals surface area contributed by atoms with Gasteiger partial charge < -0.3 is 9.67 Å². The molecule has 0 amide bonds. The van der Waals surface area contributed by atoms with Crippen molar-refractivity contribution in [3.8, 4) is 0 Å². The van der Waals surface area contributed by atoms with Gasteiger partial charge in [-0.3, -0.25) is 4.79 Å². The van der Waals surface area contributed by atoms with Gasteiger partial charge in [-0.2, -0.15) is 0 Å². The first-order valence-electron chi connectivity index (χ1n) is 5.30. The van der Waals surface area contributed by atoms with E-state index in [0.717, 1.165) is 0 Å². The lowest BCUT2D eigenvalue weighted by molar-refractivity contribution is 0.0686. The second-order valence-corrected chi connectivity index (χ2v) is 4.83. The molecule has 0 aliphatic carbocycles. The molecule has 0 aliphatic heterocycles. The molecule has 0 unspecified atom stereocenters. The number of carbonyl (C=O) groups is 2. The number of ketones is 1. The molecular weight excluding hydrogens is 289 g/mol. The quantitative estimate of drug-likeness (QED) is 0.885. The molecule has 4 nitrogen and oxygen atoms in total. The Hall–Kier alpha value is -1.78. The lowest BCUT2D eigenvalue weighted by atomic mass is 10.1. The molecule has 0 saturated heterocycles. The van der Waals surface area contributed by atoms with Crippen LogP contribution >= 0.6 is 23.2 Å². The number of rotatable bonds is 3. The molecule has 0 fully saturated rings. The molecule has 0 bridgehead atoms. The molecule has 1 N–H and O–H groups in total. The summed E-state index contributed by atoms with van der Waals surface area (Å²) in [6, 6.07) is 7.34. The van der Waals surface area contributed by atoms with Crippen LogP contribution in [0.4, 0.5) is 0 Å². The Balaban J connectivity index is 2.47. The van der Waals surface area contributed by atoms with Gasteiger partial charge in [-0.15, -0.1) is 0 Å². The van der Waals surface area contributed by atoms with Crippen LogP contribution in [0.25, 0.3) is 0 Å². The molecule has 6 heteroatoms. The summed E-state index contributed by atoms with van der Waals surface area (Å²) in [4.78, 5) is 23.2. The molecule has 0 aliphatic rings. The van der Waals surface area contributed by atoms with Crippen LogP contribution in [0.1, 0.15) is 26.5 Å². The lowest BCUT2D eigenvalue weighted by Crippen LogP contribution is -2.11. The summed E-state index contributed by atoms with van der Waals surface area (Å²) in [5.41, 5.74) is 0.614. The first-order valence-corrected chi connectivity index (χ1v) is 6.05. The number of carboxylic acid groups (broad SMARTS) is 1. The molecule has 98 valence electrons. The summed E-state index contributed by atoms with van der Waals surface area (Å²) in [7, 11) is 1.52. The van der Waals surface area contributed by atoms with E-state index in [-0.39, 0.29) is 17.2 Å². The maximum absolute atomic E-state index is 12.3. The van der Waals surface area contributed by atoms with Crippen LogP contribution < -0.4 is 0 Å². The Morgan fingerprint density at radius 1 is 1.05 bits per heavy atom. The Bertz CT molecular complexity index is 656. The number of carbonyl (C=O) groups excluding carboxylic acids is 1. The zero-order valence-electron chi connectivity index (χ0n) is 9.85. The van der Waals surface area contributed by atoms with Crippen molar-refractivity contribution in [1.29, 1.82) is 0 Å². The average molecular weight is 298 g/mol. The number of aromatic nitrogens is 1. The Labute approximate surface area is 119 Å². The molecule has 2 aromatic rings. The lowest BCUT2D eigenvalue weighted by Gasteiger charge is -2.05. The summed E-state index contributed by atoms with van der Waals surface area (Å²) in [6.45, 7) is 0. The van der Waals surface area contributed by atoms with E-state index < -0.39 is 5.97 Å². The van der Waals surface area contributed by atoms with Crippen LogP contribution in [-0.2, 0) is 7.05 Å². The number of aromatic carboxylic acids is 1. The van der Waals surface area contributed by atoms with E-state index >= 15 is 0 Å². The highest BCUT2D eigenvalue weighted by Gasteiger charge is 2.18. The number of carboxylic acids is 1. The van der Waals surface area contributed by atoms with E-state index in [4.69, 9.17) is 28.3 Å². The van der Waals surface area contributed by atoms with Crippen molar-refractivity contribution < 1.29 is 14.7 Å². The highest BCUT2D eigenvalue weighted by atomic mass is 35.5. The topological polar surface area (TPSA) is 59.3 Å². The van der Waals surface area contributed by atoms with E-state index in [1.165, 1.54) is 41.9 Å². The number of benzene rings is 1. The van der Waals surface area contributed by atoms with E-state index in [1.807, 2.05) is 0 Å². The second kappa shape index (κ2) is 5.07. The third-order valence-electron chi connectivity index (χ3n) is 2.70. The van der Waals surface area contributed by atoms with Crippen LogP contribution in [-0.4, -0.2) is 21.4 Å². The minimum atomic E-state index is -1.09. The summed E-state index contributed by atoms with van der Waals surface area (Å²) in [5.74, 6) is -1.43. The fraction of sp³-hybridized carbons (Fsp3) is 0.0769. The van der Waals surface area contributed by atoms with Crippen LogP contribution in [0, 0.1) is 0 Å². The zero-order chi connectivity index (χ0) is 14.2. The zero-order valence-corrected chi connectivity index (χ0v) is 11.4. The molecule has 0 radical (unpaired) electrons. The number of hydrogen-bond acceptors (Lipinski definition) is 2. The van der Waals surface area contributed by atoms with Crippen molar-refractivity contribution in [1.82, 2.24) is 4.57 Å². The van der Waals surface area contributed by atoms with E-state index in [9.17, 15) is 9.59 Å². The van der Waals surface area contributed by atoms with Crippen molar-refractivity contribution in [2.24, 2.45) is 7.05 Å². The fourth-order valence-corrected chi connectivity index (χ4v) is 2.31. The first-order chi connectivity index (χ1) is 8.90. The van der Waals surface area contributed by atoms with Crippen molar-refractivity contribution >= 4 is 35.0 Å². The Kier molecular flexibility index (Phi) is 3.64. The maximum Gasteiger partial charge on any atom is 0.352 e. The van der Waals surface area contributed by atoms with Gasteiger partial charge in [0.15, 0.2) is 0 Å². The average Bonchev–Trinajstić information content (AvgIpc) is 2.69. The molecule has 1 heterocycles. The number of nitrogens with zero attached hydrogens (tertiary/aromatic N) is 1. The van der Waals surface area contributed by atoms with Crippen molar-refractivity contribution in [2.45, 2.75) is 0 Å². The normalized spacial score (nSPS) is 10.5. The van der Waals surface area contributed by atoms with Gasteiger partial charge in [0.1, 0.15) is 5.69 Å². The number of hydrogen-bond donors (Lipinski definition) is 1.